The molecule has 2 atom stereocenters. The van der Waals surface area contributed by atoms with E-state index < -0.39 is 0 Å². The lowest BCUT2D eigenvalue weighted by molar-refractivity contribution is 0.0255. The number of benzene rings is 2. The van der Waals surface area contributed by atoms with Crippen LogP contribution in [0, 0.1) is 0 Å². The van der Waals surface area contributed by atoms with E-state index in [-0.39, 0.29) is 12.0 Å². The Morgan fingerprint density at radius 1 is 1.25 bits per heavy atom. The van der Waals surface area contributed by atoms with E-state index in [1.54, 1.807) is 11.3 Å². The number of halogens is 1. The summed E-state index contributed by atoms with van der Waals surface area (Å²) >= 11 is 7.97. The number of carbonyl (C=O) groups is 1. The summed E-state index contributed by atoms with van der Waals surface area (Å²) in [7, 11) is 0. The van der Waals surface area contributed by atoms with Gasteiger partial charge in [-0.25, -0.2) is 0 Å². The van der Waals surface area contributed by atoms with Gasteiger partial charge in [-0.1, -0.05) is 17.7 Å². The van der Waals surface area contributed by atoms with Gasteiger partial charge in [0.15, 0.2) is 0 Å². The molecule has 2 aliphatic rings. The van der Waals surface area contributed by atoms with Crippen LogP contribution in [0.1, 0.15) is 40.9 Å². The molecule has 5 nitrogen and oxygen atoms in total. The molecule has 1 saturated heterocycles. The number of amides is 1. The van der Waals surface area contributed by atoms with Crippen LogP contribution in [0.3, 0.4) is 0 Å². The molecule has 0 unspecified atom stereocenters. The molecule has 2 aliphatic heterocycles. The Bertz CT molecular complexity index is 1150. The first-order valence-corrected chi connectivity index (χ1v) is 12.5. The van der Waals surface area contributed by atoms with Crippen molar-refractivity contribution in [3.8, 4) is 0 Å². The largest absolute Gasteiger partial charge is 0.373 e. The van der Waals surface area contributed by atoms with Crippen molar-refractivity contribution in [2.75, 3.05) is 37.7 Å². The molecule has 5 rings (SSSR count). The number of hydrogen-bond acceptors (Lipinski definition) is 5. The number of nitrogens with two attached hydrogens (primary N) is 1. The molecule has 0 bridgehead atoms. The van der Waals surface area contributed by atoms with Crippen molar-refractivity contribution in [2.45, 2.75) is 31.9 Å². The van der Waals surface area contributed by atoms with E-state index in [1.807, 2.05) is 23.6 Å². The van der Waals surface area contributed by atoms with E-state index in [9.17, 15) is 4.79 Å². The molecule has 0 aliphatic carbocycles. The van der Waals surface area contributed by atoms with Gasteiger partial charge in [0, 0.05) is 58.9 Å². The third-order valence-corrected chi connectivity index (χ3v) is 8.17. The molecule has 168 valence electrons. The maximum atomic E-state index is 11.5. The number of rotatable bonds is 5. The molecule has 3 heterocycles. The monoisotopic (exact) mass is 469 g/mol. The van der Waals surface area contributed by atoms with Crippen molar-refractivity contribution < 1.29 is 9.53 Å². The molecule has 3 aromatic rings. The van der Waals surface area contributed by atoms with Crippen molar-refractivity contribution in [2.24, 2.45) is 5.73 Å². The van der Waals surface area contributed by atoms with Gasteiger partial charge < -0.3 is 15.4 Å². The summed E-state index contributed by atoms with van der Waals surface area (Å²) in [6, 6.07) is 12.8. The summed E-state index contributed by atoms with van der Waals surface area (Å²) in [5.41, 5.74) is 9.70. The molecule has 1 fully saturated rings. The predicted molar refractivity (Wildman–Crippen MR) is 132 cm³/mol. The van der Waals surface area contributed by atoms with Crippen LogP contribution >= 0.6 is 22.9 Å². The summed E-state index contributed by atoms with van der Waals surface area (Å²) < 4.78 is 7.35. The van der Waals surface area contributed by atoms with Crippen LogP contribution in [0.5, 0.6) is 0 Å². The fourth-order valence-electron chi connectivity index (χ4n) is 4.96. The second kappa shape index (κ2) is 9.02. The second-order valence-electron chi connectivity index (χ2n) is 8.77. The number of fused-ring (bicyclic) bond motifs is 2. The summed E-state index contributed by atoms with van der Waals surface area (Å²) in [5.74, 6) is -0.371. The Kier molecular flexibility index (Phi) is 6.12. The number of ether oxygens (including phenoxy) is 1. The zero-order valence-corrected chi connectivity index (χ0v) is 19.8. The van der Waals surface area contributed by atoms with E-state index in [2.05, 4.69) is 34.9 Å². The SMILES string of the molecule is C[C@@H]1CN(c2ccc3c(Cl)csc3c2)CCN1CC[C@@H]1OCCc2cc(C(N)=O)ccc21. The van der Waals surface area contributed by atoms with Crippen LogP contribution < -0.4 is 10.6 Å². The van der Waals surface area contributed by atoms with Crippen molar-refractivity contribution in [3.05, 3.63) is 63.5 Å². The lowest BCUT2D eigenvalue weighted by Gasteiger charge is -2.41. The lowest BCUT2D eigenvalue weighted by Crippen LogP contribution is -2.52. The number of anilines is 1. The fraction of sp³-hybridized carbons (Fsp3) is 0.400. The highest BCUT2D eigenvalue weighted by Crippen LogP contribution is 2.34. The molecule has 0 saturated carbocycles. The van der Waals surface area contributed by atoms with Gasteiger partial charge in [-0.05, 0) is 61.2 Å². The Morgan fingerprint density at radius 3 is 2.94 bits per heavy atom. The van der Waals surface area contributed by atoms with Crippen LogP contribution in [0.4, 0.5) is 5.69 Å². The Balaban J connectivity index is 1.21. The molecule has 1 aromatic heterocycles. The van der Waals surface area contributed by atoms with Crippen molar-refractivity contribution in [3.63, 3.8) is 0 Å². The Morgan fingerprint density at radius 2 is 2.12 bits per heavy atom. The van der Waals surface area contributed by atoms with E-state index >= 15 is 0 Å². The predicted octanol–water partition coefficient (Wildman–Crippen LogP) is 4.87. The van der Waals surface area contributed by atoms with Gasteiger partial charge >= 0.3 is 0 Å². The smallest absolute Gasteiger partial charge is 0.248 e. The third kappa shape index (κ3) is 4.25. The molecular formula is C25H28ClN3O2S. The fourth-order valence-corrected chi connectivity index (χ4v) is 6.16. The molecule has 0 radical (unpaired) electrons. The summed E-state index contributed by atoms with van der Waals surface area (Å²) in [6.07, 6.45) is 1.87. The maximum absolute atomic E-state index is 11.5. The van der Waals surface area contributed by atoms with Crippen LogP contribution in [0.25, 0.3) is 10.1 Å². The summed E-state index contributed by atoms with van der Waals surface area (Å²) in [6.45, 7) is 7.05. The van der Waals surface area contributed by atoms with Crippen LogP contribution in [0.2, 0.25) is 5.02 Å². The average molecular weight is 470 g/mol. The van der Waals surface area contributed by atoms with Gasteiger partial charge in [0.2, 0.25) is 5.91 Å². The highest BCUT2D eigenvalue weighted by molar-refractivity contribution is 7.17. The minimum Gasteiger partial charge on any atom is -0.373 e. The average Bonchev–Trinajstić information content (AvgIpc) is 3.17. The zero-order valence-electron chi connectivity index (χ0n) is 18.2. The Hall–Kier alpha value is -2.12. The first kappa shape index (κ1) is 21.7. The first-order valence-electron chi connectivity index (χ1n) is 11.2. The van der Waals surface area contributed by atoms with Crippen LogP contribution in [-0.2, 0) is 11.2 Å². The number of carbonyl (C=O) groups excluding carboxylic acids is 1. The van der Waals surface area contributed by atoms with Gasteiger partial charge in [0.1, 0.15) is 0 Å². The molecule has 32 heavy (non-hydrogen) atoms. The van der Waals surface area contributed by atoms with Crippen molar-refractivity contribution in [1.29, 1.82) is 0 Å². The number of hydrogen-bond donors (Lipinski definition) is 1. The first-order chi connectivity index (χ1) is 15.5. The number of primary amides is 1. The molecule has 2 N–H and O–H groups in total. The quantitative estimate of drug-likeness (QED) is 0.579. The minimum absolute atomic E-state index is 0.0805. The molecule has 1 amide bonds. The van der Waals surface area contributed by atoms with Gasteiger partial charge in [0.05, 0.1) is 17.7 Å². The van der Waals surface area contributed by atoms with Crippen LogP contribution in [0.15, 0.2) is 41.8 Å². The number of piperazine rings is 1. The molecule has 7 heteroatoms. The van der Waals surface area contributed by atoms with Crippen molar-refractivity contribution >= 4 is 44.6 Å². The molecule has 2 aromatic carbocycles. The second-order valence-corrected chi connectivity index (χ2v) is 10.1. The zero-order chi connectivity index (χ0) is 22.2. The number of thiophene rings is 1. The maximum Gasteiger partial charge on any atom is 0.248 e. The van der Waals surface area contributed by atoms with E-state index in [4.69, 9.17) is 22.1 Å². The van der Waals surface area contributed by atoms with Gasteiger partial charge in [-0.15, -0.1) is 11.3 Å². The highest BCUT2D eigenvalue weighted by atomic mass is 35.5. The van der Waals surface area contributed by atoms with Gasteiger partial charge in [-0.2, -0.15) is 0 Å². The number of nitrogens with zero attached hydrogens (tertiary/aromatic N) is 2. The van der Waals surface area contributed by atoms with E-state index in [0.717, 1.165) is 49.4 Å². The molecule has 0 spiro atoms. The van der Waals surface area contributed by atoms with Gasteiger partial charge in [0.25, 0.3) is 0 Å². The lowest BCUT2D eigenvalue weighted by atomic mass is 9.93. The molecular weight excluding hydrogens is 442 g/mol. The van der Waals surface area contributed by atoms with Crippen LogP contribution in [-0.4, -0.2) is 49.6 Å². The minimum atomic E-state index is -0.371. The third-order valence-electron chi connectivity index (χ3n) is 6.79. The van der Waals surface area contributed by atoms with E-state index in [1.165, 1.54) is 21.5 Å². The normalized spacial score (nSPS) is 21.6. The summed E-state index contributed by atoms with van der Waals surface area (Å²) in [5, 5.41) is 3.99. The summed E-state index contributed by atoms with van der Waals surface area (Å²) in [4.78, 5) is 16.5. The van der Waals surface area contributed by atoms with Gasteiger partial charge in [-0.3, -0.25) is 9.69 Å². The van der Waals surface area contributed by atoms with Crippen molar-refractivity contribution in [1.82, 2.24) is 4.90 Å². The topological polar surface area (TPSA) is 58.8 Å². The highest BCUT2D eigenvalue weighted by Gasteiger charge is 2.27. The Labute approximate surface area is 197 Å². The standard InChI is InChI=1S/C25H28ClN3O2S/c1-16-14-29(19-3-5-21-22(26)15-32-24(21)13-19)10-9-28(16)8-6-23-20-4-2-18(25(27)30)12-17(20)7-11-31-23/h2-5,12-13,15-16,23H,6-11,14H2,1H3,(H2,27,30)/t16-,23+/m1/s1. The van der Waals surface area contributed by atoms with E-state index in [0.29, 0.717) is 18.2 Å².